The highest BCUT2D eigenvalue weighted by molar-refractivity contribution is 4.95. The molecular formula is C9H17. The SMILES string of the molecule is C[CH]C=CC(C)C(C)C. The zero-order chi connectivity index (χ0) is 7.28. The Morgan fingerprint density at radius 1 is 1.11 bits per heavy atom. The maximum absolute atomic E-state index is 2.24. The van der Waals surface area contributed by atoms with Crippen molar-refractivity contribution in [2.24, 2.45) is 11.8 Å². The normalized spacial score (nSPS) is 15.2. The highest BCUT2D eigenvalue weighted by atomic mass is 14.1. The van der Waals surface area contributed by atoms with Gasteiger partial charge < -0.3 is 0 Å². The number of hydrogen-bond donors (Lipinski definition) is 0. The molecular weight excluding hydrogens is 108 g/mol. The minimum atomic E-state index is 0.709. The molecule has 1 unspecified atom stereocenters. The van der Waals surface area contributed by atoms with Gasteiger partial charge in [-0.1, -0.05) is 39.8 Å². The van der Waals surface area contributed by atoms with E-state index in [0.717, 1.165) is 5.92 Å². The highest BCUT2D eigenvalue weighted by Crippen LogP contribution is 2.10. The summed E-state index contributed by atoms with van der Waals surface area (Å²) in [6.07, 6.45) is 6.42. The topological polar surface area (TPSA) is 0 Å². The van der Waals surface area contributed by atoms with Crippen LogP contribution < -0.4 is 0 Å². The second-order valence-electron chi connectivity index (χ2n) is 2.82. The molecule has 0 rings (SSSR count). The first kappa shape index (κ1) is 8.74. The smallest absolute Gasteiger partial charge is 0.0201 e. The minimum Gasteiger partial charge on any atom is -0.0852 e. The van der Waals surface area contributed by atoms with Gasteiger partial charge in [0.2, 0.25) is 0 Å². The molecule has 0 N–H and O–H groups in total. The van der Waals surface area contributed by atoms with Gasteiger partial charge in [0.05, 0.1) is 0 Å². The summed E-state index contributed by atoms with van der Waals surface area (Å²) in [5.41, 5.74) is 0. The van der Waals surface area contributed by atoms with Crippen molar-refractivity contribution >= 4 is 0 Å². The maximum Gasteiger partial charge on any atom is -0.0201 e. The van der Waals surface area contributed by atoms with Crippen molar-refractivity contribution in [1.82, 2.24) is 0 Å². The molecule has 0 saturated heterocycles. The molecule has 0 bridgehead atoms. The van der Waals surface area contributed by atoms with Gasteiger partial charge in [-0.15, -0.1) is 0 Å². The Balaban J connectivity index is 3.48. The first-order chi connectivity index (χ1) is 4.18. The molecule has 0 fully saturated rings. The third kappa shape index (κ3) is 4.26. The van der Waals surface area contributed by atoms with E-state index in [1.54, 1.807) is 0 Å². The van der Waals surface area contributed by atoms with Crippen LogP contribution in [0.3, 0.4) is 0 Å². The molecule has 0 saturated carbocycles. The molecule has 53 valence electrons. The minimum absolute atomic E-state index is 0.709. The highest BCUT2D eigenvalue weighted by Gasteiger charge is 1.99. The van der Waals surface area contributed by atoms with E-state index >= 15 is 0 Å². The largest absolute Gasteiger partial charge is 0.0852 e. The summed E-state index contributed by atoms with van der Waals surface area (Å²) >= 11 is 0. The summed E-state index contributed by atoms with van der Waals surface area (Å²) in [5, 5.41) is 0. The van der Waals surface area contributed by atoms with Crippen LogP contribution in [0.4, 0.5) is 0 Å². The third-order valence-corrected chi connectivity index (χ3v) is 1.66. The lowest BCUT2D eigenvalue weighted by atomic mass is 9.98. The fraction of sp³-hybridized carbons (Fsp3) is 0.667. The maximum atomic E-state index is 2.24. The molecule has 1 atom stereocenters. The van der Waals surface area contributed by atoms with E-state index in [-0.39, 0.29) is 0 Å². The zero-order valence-electron chi connectivity index (χ0n) is 6.89. The van der Waals surface area contributed by atoms with Gasteiger partial charge in [-0.3, -0.25) is 0 Å². The van der Waals surface area contributed by atoms with Crippen LogP contribution in [0.1, 0.15) is 27.7 Å². The molecule has 9 heavy (non-hydrogen) atoms. The van der Waals surface area contributed by atoms with Gasteiger partial charge in [0, 0.05) is 0 Å². The molecule has 0 heteroatoms. The Morgan fingerprint density at radius 3 is 2.00 bits per heavy atom. The summed E-state index contributed by atoms with van der Waals surface area (Å²) in [5.74, 6) is 1.47. The van der Waals surface area contributed by atoms with E-state index in [0.29, 0.717) is 5.92 Å². The van der Waals surface area contributed by atoms with Gasteiger partial charge >= 0.3 is 0 Å². The van der Waals surface area contributed by atoms with Crippen molar-refractivity contribution in [1.29, 1.82) is 0 Å². The molecule has 0 nitrogen and oxygen atoms in total. The summed E-state index contributed by atoms with van der Waals surface area (Å²) in [7, 11) is 0. The first-order valence-corrected chi connectivity index (χ1v) is 3.64. The second-order valence-corrected chi connectivity index (χ2v) is 2.82. The van der Waals surface area contributed by atoms with E-state index in [9.17, 15) is 0 Å². The van der Waals surface area contributed by atoms with Crippen LogP contribution in [0.2, 0.25) is 0 Å². The van der Waals surface area contributed by atoms with Crippen LogP contribution in [0, 0.1) is 18.3 Å². The number of allylic oxidation sites excluding steroid dienone is 2. The van der Waals surface area contributed by atoms with E-state index in [1.807, 2.05) is 6.92 Å². The fourth-order valence-electron chi connectivity index (χ4n) is 0.509. The van der Waals surface area contributed by atoms with Crippen molar-refractivity contribution in [3.63, 3.8) is 0 Å². The van der Waals surface area contributed by atoms with Crippen LogP contribution in [-0.2, 0) is 0 Å². The summed E-state index contributed by atoms with van der Waals surface area (Å²) in [6.45, 7) is 8.77. The van der Waals surface area contributed by atoms with Crippen LogP contribution in [0.25, 0.3) is 0 Å². The van der Waals surface area contributed by atoms with Crippen LogP contribution >= 0.6 is 0 Å². The Bertz CT molecular complexity index is 80.0. The molecule has 0 heterocycles. The molecule has 0 spiro atoms. The van der Waals surface area contributed by atoms with Crippen LogP contribution in [0.15, 0.2) is 12.2 Å². The lowest BCUT2D eigenvalue weighted by Gasteiger charge is -2.08. The average molecular weight is 125 g/mol. The molecule has 0 aromatic heterocycles. The standard InChI is InChI=1S/C9H17/c1-5-6-7-9(4)8(2)3/h5-9H,1-4H3. The van der Waals surface area contributed by atoms with Gasteiger partial charge in [-0.05, 0) is 18.3 Å². The summed E-state index contributed by atoms with van der Waals surface area (Å²) < 4.78 is 0. The zero-order valence-corrected chi connectivity index (χ0v) is 6.89. The molecule has 0 amide bonds. The monoisotopic (exact) mass is 125 g/mol. The first-order valence-electron chi connectivity index (χ1n) is 3.64. The van der Waals surface area contributed by atoms with Crippen molar-refractivity contribution < 1.29 is 0 Å². The Morgan fingerprint density at radius 2 is 1.67 bits per heavy atom. The Kier molecular flexibility index (Phi) is 4.47. The Hall–Kier alpha value is -0.260. The van der Waals surface area contributed by atoms with Gasteiger partial charge in [-0.25, -0.2) is 0 Å². The van der Waals surface area contributed by atoms with E-state index in [4.69, 9.17) is 0 Å². The summed E-state index contributed by atoms with van der Waals surface area (Å²) in [6, 6.07) is 0. The molecule has 0 aromatic rings. The van der Waals surface area contributed by atoms with Crippen molar-refractivity contribution in [3.8, 4) is 0 Å². The fourth-order valence-corrected chi connectivity index (χ4v) is 0.509. The third-order valence-electron chi connectivity index (χ3n) is 1.66. The molecule has 1 radical (unpaired) electrons. The van der Waals surface area contributed by atoms with Crippen molar-refractivity contribution in [2.75, 3.05) is 0 Å². The van der Waals surface area contributed by atoms with E-state index in [1.165, 1.54) is 0 Å². The van der Waals surface area contributed by atoms with E-state index < -0.39 is 0 Å². The van der Waals surface area contributed by atoms with Crippen molar-refractivity contribution in [2.45, 2.75) is 27.7 Å². The second kappa shape index (κ2) is 4.60. The quantitative estimate of drug-likeness (QED) is 0.544. The average Bonchev–Trinajstić information content (AvgIpc) is 1.82. The van der Waals surface area contributed by atoms with Crippen LogP contribution in [0.5, 0.6) is 0 Å². The molecule has 0 aromatic carbocycles. The molecule has 0 aliphatic carbocycles. The van der Waals surface area contributed by atoms with Crippen LogP contribution in [-0.4, -0.2) is 0 Å². The predicted octanol–water partition coefficient (Wildman–Crippen LogP) is 3.06. The number of rotatable bonds is 3. The Labute approximate surface area is 59.0 Å². The van der Waals surface area contributed by atoms with Gasteiger partial charge in [0.1, 0.15) is 0 Å². The lowest BCUT2D eigenvalue weighted by molar-refractivity contribution is 0.504. The summed E-state index contributed by atoms with van der Waals surface area (Å²) in [4.78, 5) is 0. The van der Waals surface area contributed by atoms with Gasteiger partial charge in [0.15, 0.2) is 0 Å². The van der Waals surface area contributed by atoms with Gasteiger partial charge in [-0.2, -0.15) is 0 Å². The van der Waals surface area contributed by atoms with E-state index in [2.05, 4.69) is 39.3 Å². The molecule has 0 aliphatic rings. The molecule has 0 aliphatic heterocycles. The van der Waals surface area contributed by atoms with Crippen molar-refractivity contribution in [3.05, 3.63) is 18.6 Å². The van der Waals surface area contributed by atoms with Gasteiger partial charge in [0.25, 0.3) is 0 Å². The number of hydrogen-bond acceptors (Lipinski definition) is 0. The lowest BCUT2D eigenvalue weighted by Crippen LogP contribution is -1.98. The predicted molar refractivity (Wildman–Crippen MR) is 43.1 cm³/mol.